The van der Waals surface area contributed by atoms with Crippen molar-refractivity contribution < 1.29 is 9.53 Å². The standard InChI is InChI=1S/C13H10BrN3O2/c1-8-10(14)3-4-11(12(8)13(18)19-2)17-7-9(5-15)6-16/h3-4,7,17H,1-2H3. The third kappa shape index (κ3) is 3.34. The average molecular weight is 320 g/mol. The number of hydrogen-bond acceptors (Lipinski definition) is 5. The molecule has 0 saturated heterocycles. The first-order valence-corrected chi connectivity index (χ1v) is 5.98. The minimum atomic E-state index is -0.495. The van der Waals surface area contributed by atoms with Crippen LogP contribution in [0.3, 0.4) is 0 Å². The molecule has 0 amide bonds. The molecule has 1 rings (SSSR count). The van der Waals surface area contributed by atoms with Crippen LogP contribution in [0, 0.1) is 29.6 Å². The van der Waals surface area contributed by atoms with Crippen LogP contribution in [0.1, 0.15) is 15.9 Å². The van der Waals surface area contributed by atoms with Crippen molar-refractivity contribution in [3.05, 3.63) is 39.5 Å². The van der Waals surface area contributed by atoms with E-state index in [0.717, 1.165) is 4.47 Å². The van der Waals surface area contributed by atoms with Crippen molar-refractivity contribution in [2.24, 2.45) is 0 Å². The third-order valence-corrected chi connectivity index (χ3v) is 3.26. The van der Waals surface area contributed by atoms with Gasteiger partial charge in [0.1, 0.15) is 17.7 Å². The van der Waals surface area contributed by atoms with Crippen LogP contribution >= 0.6 is 15.9 Å². The van der Waals surface area contributed by atoms with E-state index >= 15 is 0 Å². The first kappa shape index (κ1) is 14.7. The van der Waals surface area contributed by atoms with E-state index in [0.29, 0.717) is 16.8 Å². The summed E-state index contributed by atoms with van der Waals surface area (Å²) in [4.78, 5) is 11.8. The van der Waals surface area contributed by atoms with Gasteiger partial charge in [-0.3, -0.25) is 0 Å². The highest BCUT2D eigenvalue weighted by Gasteiger charge is 2.16. The Morgan fingerprint density at radius 3 is 2.58 bits per heavy atom. The smallest absolute Gasteiger partial charge is 0.340 e. The SMILES string of the molecule is COC(=O)c1c(NC=C(C#N)C#N)ccc(Br)c1C. The minimum absolute atomic E-state index is 0.0867. The van der Waals surface area contributed by atoms with Crippen LogP contribution in [-0.4, -0.2) is 13.1 Å². The number of hydrogen-bond donors (Lipinski definition) is 1. The van der Waals surface area contributed by atoms with Crippen molar-refractivity contribution in [3.8, 4) is 12.1 Å². The molecule has 0 saturated carbocycles. The van der Waals surface area contributed by atoms with Gasteiger partial charge in [-0.25, -0.2) is 4.79 Å². The second kappa shape index (κ2) is 6.58. The second-order valence-electron chi connectivity index (χ2n) is 3.51. The molecule has 0 radical (unpaired) electrons. The number of anilines is 1. The van der Waals surface area contributed by atoms with Crippen molar-refractivity contribution in [1.29, 1.82) is 10.5 Å². The van der Waals surface area contributed by atoms with E-state index in [2.05, 4.69) is 21.2 Å². The third-order valence-electron chi connectivity index (χ3n) is 2.40. The Hall–Kier alpha value is -2.31. The van der Waals surface area contributed by atoms with E-state index in [1.807, 2.05) is 0 Å². The molecule has 0 heterocycles. The maximum absolute atomic E-state index is 11.8. The molecule has 1 N–H and O–H groups in total. The molecule has 6 heteroatoms. The van der Waals surface area contributed by atoms with Crippen molar-refractivity contribution in [2.45, 2.75) is 6.92 Å². The highest BCUT2D eigenvalue weighted by molar-refractivity contribution is 9.10. The Morgan fingerprint density at radius 1 is 1.42 bits per heavy atom. The van der Waals surface area contributed by atoms with E-state index in [1.54, 1.807) is 31.2 Å². The summed E-state index contributed by atoms with van der Waals surface area (Å²) in [7, 11) is 1.29. The summed E-state index contributed by atoms with van der Waals surface area (Å²) in [5, 5.41) is 20.1. The van der Waals surface area contributed by atoms with Crippen LogP contribution in [0.15, 0.2) is 28.4 Å². The molecule has 5 nitrogen and oxygen atoms in total. The van der Waals surface area contributed by atoms with E-state index < -0.39 is 5.97 Å². The molecule has 1 aromatic rings. The van der Waals surface area contributed by atoms with E-state index in [1.165, 1.54) is 13.3 Å². The summed E-state index contributed by atoms with van der Waals surface area (Å²) >= 11 is 3.33. The van der Waals surface area contributed by atoms with Gasteiger partial charge in [-0.2, -0.15) is 10.5 Å². The number of carbonyl (C=O) groups excluding carboxylic acids is 1. The van der Waals surface area contributed by atoms with Gasteiger partial charge in [-0.05, 0) is 24.6 Å². The fourth-order valence-corrected chi connectivity index (χ4v) is 1.74. The van der Waals surface area contributed by atoms with Crippen molar-refractivity contribution in [2.75, 3.05) is 12.4 Å². The highest BCUT2D eigenvalue weighted by Crippen LogP contribution is 2.27. The second-order valence-corrected chi connectivity index (χ2v) is 4.37. The number of nitrogens with zero attached hydrogens (tertiary/aromatic N) is 2. The molecule has 19 heavy (non-hydrogen) atoms. The number of methoxy groups -OCH3 is 1. The van der Waals surface area contributed by atoms with Gasteiger partial charge in [0.05, 0.1) is 18.4 Å². The normalized spacial score (nSPS) is 8.89. The molecule has 0 aliphatic rings. The van der Waals surface area contributed by atoms with Gasteiger partial charge in [-0.15, -0.1) is 0 Å². The Kier molecular flexibility index (Phi) is 5.11. The van der Waals surface area contributed by atoms with Gasteiger partial charge >= 0.3 is 5.97 Å². The predicted molar refractivity (Wildman–Crippen MR) is 73.2 cm³/mol. The van der Waals surface area contributed by atoms with E-state index in [4.69, 9.17) is 15.3 Å². The Balaban J connectivity index is 3.27. The van der Waals surface area contributed by atoms with Gasteiger partial charge in [-0.1, -0.05) is 15.9 Å². The average Bonchev–Trinajstić information content (AvgIpc) is 2.43. The molecule has 0 bridgehead atoms. The van der Waals surface area contributed by atoms with Gasteiger partial charge in [0.2, 0.25) is 0 Å². The van der Waals surface area contributed by atoms with Gasteiger partial charge in [0.25, 0.3) is 0 Å². The number of benzene rings is 1. The topological polar surface area (TPSA) is 85.9 Å². The van der Waals surface area contributed by atoms with E-state index in [9.17, 15) is 4.79 Å². The Bertz CT molecular complexity index is 608. The van der Waals surface area contributed by atoms with Crippen molar-refractivity contribution in [1.82, 2.24) is 0 Å². The van der Waals surface area contributed by atoms with Gasteiger partial charge < -0.3 is 10.1 Å². The quantitative estimate of drug-likeness (QED) is 0.683. The molecule has 0 unspecified atom stereocenters. The zero-order chi connectivity index (χ0) is 14.4. The number of nitrogens with one attached hydrogen (secondary N) is 1. The fourth-order valence-electron chi connectivity index (χ4n) is 1.41. The lowest BCUT2D eigenvalue weighted by molar-refractivity contribution is 0.0601. The summed E-state index contributed by atoms with van der Waals surface area (Å²) in [6.07, 6.45) is 1.25. The molecular formula is C13H10BrN3O2. The largest absolute Gasteiger partial charge is 0.465 e. The Morgan fingerprint density at radius 2 is 2.05 bits per heavy atom. The molecule has 0 aliphatic heterocycles. The molecular weight excluding hydrogens is 310 g/mol. The summed E-state index contributed by atoms with van der Waals surface area (Å²) in [5.41, 5.74) is 1.44. The van der Waals surface area contributed by atoms with Crippen molar-refractivity contribution in [3.63, 3.8) is 0 Å². The number of halogens is 1. The van der Waals surface area contributed by atoms with Crippen LogP contribution in [0.2, 0.25) is 0 Å². The van der Waals surface area contributed by atoms with Crippen LogP contribution in [-0.2, 0) is 4.74 Å². The molecule has 0 aliphatic carbocycles. The number of rotatable bonds is 3. The Labute approximate surface area is 119 Å². The molecule has 1 aromatic carbocycles. The van der Waals surface area contributed by atoms with Crippen LogP contribution in [0.25, 0.3) is 0 Å². The summed E-state index contributed by atoms with van der Waals surface area (Å²) in [6, 6.07) is 6.86. The lowest BCUT2D eigenvalue weighted by Gasteiger charge is -2.12. The monoisotopic (exact) mass is 319 g/mol. The number of allylic oxidation sites excluding steroid dienone is 1. The zero-order valence-electron chi connectivity index (χ0n) is 10.3. The molecule has 0 atom stereocenters. The van der Waals surface area contributed by atoms with Crippen LogP contribution < -0.4 is 5.32 Å². The number of esters is 1. The summed E-state index contributed by atoms with van der Waals surface area (Å²) in [5.74, 6) is -0.495. The molecule has 0 fully saturated rings. The first-order chi connectivity index (χ1) is 9.04. The molecule has 0 spiro atoms. The fraction of sp³-hybridized carbons (Fsp3) is 0.154. The molecule has 0 aromatic heterocycles. The lowest BCUT2D eigenvalue weighted by Crippen LogP contribution is -2.08. The first-order valence-electron chi connectivity index (χ1n) is 5.19. The van der Waals surface area contributed by atoms with E-state index in [-0.39, 0.29) is 5.57 Å². The number of carbonyl (C=O) groups is 1. The summed E-state index contributed by atoms with van der Waals surface area (Å²) in [6.45, 7) is 1.76. The maximum Gasteiger partial charge on any atom is 0.340 e. The highest BCUT2D eigenvalue weighted by atomic mass is 79.9. The summed E-state index contributed by atoms with van der Waals surface area (Å²) < 4.78 is 5.49. The van der Waals surface area contributed by atoms with Crippen molar-refractivity contribution >= 4 is 27.6 Å². The lowest BCUT2D eigenvalue weighted by atomic mass is 10.1. The van der Waals surface area contributed by atoms with Crippen LogP contribution in [0.5, 0.6) is 0 Å². The number of ether oxygens (including phenoxy) is 1. The number of nitriles is 2. The van der Waals surface area contributed by atoms with Gasteiger partial charge in [0, 0.05) is 10.7 Å². The zero-order valence-corrected chi connectivity index (χ0v) is 11.9. The van der Waals surface area contributed by atoms with Crippen LogP contribution in [0.4, 0.5) is 5.69 Å². The molecule has 96 valence electrons. The predicted octanol–water partition coefficient (Wildman–Crippen LogP) is 2.89. The minimum Gasteiger partial charge on any atom is -0.465 e. The maximum atomic E-state index is 11.8. The van der Waals surface area contributed by atoms with Gasteiger partial charge in [0.15, 0.2) is 0 Å².